The van der Waals surface area contributed by atoms with Crippen LogP contribution in [0.15, 0.2) is 53.1 Å². The quantitative estimate of drug-likeness (QED) is 0.468. The maximum atomic E-state index is 5.72. The molecule has 2 aromatic carbocycles. The Kier molecular flexibility index (Phi) is 4.97. The summed E-state index contributed by atoms with van der Waals surface area (Å²) in [5, 5.41) is 4.68. The molecule has 23 heavy (non-hydrogen) atoms. The fraction of sp³-hybridized carbons (Fsp3) is 0.125. The first-order valence-corrected chi connectivity index (χ1v) is 8.89. The Morgan fingerprint density at radius 3 is 1.87 bits per heavy atom. The van der Waals surface area contributed by atoms with Crippen LogP contribution in [0.4, 0.5) is 0 Å². The van der Waals surface area contributed by atoms with Gasteiger partial charge >= 0.3 is 0 Å². The van der Waals surface area contributed by atoms with Crippen molar-refractivity contribution in [2.45, 2.75) is 9.12 Å². The van der Waals surface area contributed by atoms with E-state index < -0.39 is 3.79 Å². The monoisotopic (exact) mass is 430 g/mol. The molecule has 118 valence electrons. The lowest BCUT2D eigenvalue weighted by molar-refractivity contribution is 0.383. The van der Waals surface area contributed by atoms with E-state index in [4.69, 9.17) is 39.3 Å². The third-order valence-corrected chi connectivity index (χ3v) is 4.39. The highest BCUT2D eigenvalue weighted by Gasteiger charge is 2.30. The second-order valence-electron chi connectivity index (χ2n) is 4.83. The van der Waals surface area contributed by atoms with Crippen LogP contribution in [0.5, 0.6) is 0 Å². The van der Waals surface area contributed by atoms with E-state index in [0.29, 0.717) is 5.82 Å². The van der Waals surface area contributed by atoms with E-state index in [1.807, 2.05) is 24.3 Å². The standard InChI is InChI=1S/C16H10BrCl3N2O/c17-9-10-1-3-11(4-2-10)12-5-7-13(8-6-12)14-21-15(23-22-14)16(18,19)20/h1-8H,9H2. The number of halogens is 4. The molecule has 0 saturated carbocycles. The van der Waals surface area contributed by atoms with Gasteiger partial charge in [0.1, 0.15) is 0 Å². The Bertz CT molecular complexity index is 795. The highest BCUT2D eigenvalue weighted by Crippen LogP contribution is 2.37. The zero-order valence-electron chi connectivity index (χ0n) is 11.6. The number of rotatable bonds is 3. The fourth-order valence-electron chi connectivity index (χ4n) is 2.05. The molecule has 1 aromatic heterocycles. The van der Waals surface area contributed by atoms with Gasteiger partial charge in [-0.1, -0.05) is 104 Å². The molecule has 7 heteroatoms. The van der Waals surface area contributed by atoms with Crippen molar-refractivity contribution in [2.24, 2.45) is 0 Å². The minimum atomic E-state index is -1.72. The number of benzene rings is 2. The molecule has 0 unspecified atom stereocenters. The highest BCUT2D eigenvalue weighted by molar-refractivity contribution is 9.08. The average Bonchev–Trinajstić information content (AvgIpc) is 3.05. The second kappa shape index (κ2) is 6.81. The number of nitrogens with zero attached hydrogens (tertiary/aromatic N) is 2. The molecule has 0 amide bonds. The van der Waals surface area contributed by atoms with Crippen molar-refractivity contribution in [3.8, 4) is 22.5 Å². The van der Waals surface area contributed by atoms with Gasteiger partial charge in [0.05, 0.1) is 0 Å². The van der Waals surface area contributed by atoms with E-state index in [1.165, 1.54) is 5.56 Å². The normalized spacial score (nSPS) is 11.7. The molecule has 0 spiro atoms. The van der Waals surface area contributed by atoms with Crippen molar-refractivity contribution in [1.82, 2.24) is 10.1 Å². The van der Waals surface area contributed by atoms with Gasteiger partial charge in [-0.2, -0.15) is 4.98 Å². The maximum Gasteiger partial charge on any atom is 0.279 e. The molecule has 0 radical (unpaired) electrons. The van der Waals surface area contributed by atoms with Crippen LogP contribution in [0.3, 0.4) is 0 Å². The number of hydrogen-bond donors (Lipinski definition) is 0. The Hall–Kier alpha value is -1.07. The Morgan fingerprint density at radius 1 is 0.870 bits per heavy atom. The van der Waals surface area contributed by atoms with Gasteiger partial charge in [-0.3, -0.25) is 0 Å². The van der Waals surface area contributed by atoms with Crippen molar-refractivity contribution >= 4 is 50.7 Å². The zero-order chi connectivity index (χ0) is 16.4. The SMILES string of the molecule is ClC(Cl)(Cl)c1nc(-c2ccc(-c3ccc(CBr)cc3)cc2)no1. The van der Waals surface area contributed by atoms with Crippen molar-refractivity contribution in [3.05, 3.63) is 60.0 Å². The van der Waals surface area contributed by atoms with Gasteiger partial charge in [0.15, 0.2) is 0 Å². The smallest absolute Gasteiger partial charge is 0.279 e. The summed E-state index contributed by atoms with van der Waals surface area (Å²) in [6, 6.07) is 16.1. The van der Waals surface area contributed by atoms with E-state index in [0.717, 1.165) is 22.0 Å². The summed E-state index contributed by atoms with van der Waals surface area (Å²) in [5.41, 5.74) is 4.25. The molecule has 0 saturated heterocycles. The molecular weight excluding hydrogens is 422 g/mol. The lowest BCUT2D eigenvalue weighted by Crippen LogP contribution is -1.99. The molecular formula is C16H10BrCl3N2O. The van der Waals surface area contributed by atoms with Gasteiger partial charge in [0.25, 0.3) is 9.68 Å². The summed E-state index contributed by atoms with van der Waals surface area (Å²) >= 11 is 20.6. The summed E-state index contributed by atoms with van der Waals surface area (Å²) in [5.74, 6) is 0.333. The predicted octanol–water partition coefficient (Wildman–Crippen LogP) is 6.13. The van der Waals surface area contributed by atoms with Gasteiger partial charge in [-0.25, -0.2) is 0 Å². The number of alkyl halides is 4. The Morgan fingerprint density at radius 2 is 1.39 bits per heavy atom. The highest BCUT2D eigenvalue weighted by atomic mass is 79.9. The largest absolute Gasteiger partial charge is 0.334 e. The molecule has 3 aromatic rings. The van der Waals surface area contributed by atoms with Crippen molar-refractivity contribution in [3.63, 3.8) is 0 Å². The third-order valence-electron chi connectivity index (χ3n) is 3.25. The van der Waals surface area contributed by atoms with Crippen LogP contribution in [-0.2, 0) is 9.12 Å². The average molecular weight is 433 g/mol. The van der Waals surface area contributed by atoms with Gasteiger partial charge < -0.3 is 4.52 Å². The van der Waals surface area contributed by atoms with Crippen LogP contribution in [0.2, 0.25) is 0 Å². The van der Waals surface area contributed by atoms with Gasteiger partial charge in [0.2, 0.25) is 5.82 Å². The van der Waals surface area contributed by atoms with E-state index in [2.05, 4.69) is 50.3 Å². The molecule has 0 N–H and O–H groups in total. The lowest BCUT2D eigenvalue weighted by Gasteiger charge is -2.04. The molecule has 0 fully saturated rings. The van der Waals surface area contributed by atoms with Crippen LogP contribution in [0, 0.1) is 0 Å². The van der Waals surface area contributed by atoms with Gasteiger partial charge in [-0.05, 0) is 16.7 Å². The first-order valence-electron chi connectivity index (χ1n) is 6.64. The first-order chi connectivity index (χ1) is 11.0. The molecule has 3 rings (SSSR count). The molecule has 0 atom stereocenters. The van der Waals surface area contributed by atoms with Crippen LogP contribution >= 0.6 is 50.7 Å². The van der Waals surface area contributed by atoms with Gasteiger partial charge in [-0.15, -0.1) is 0 Å². The summed E-state index contributed by atoms with van der Waals surface area (Å²) in [4.78, 5) is 4.10. The fourth-order valence-corrected chi connectivity index (χ4v) is 2.66. The molecule has 3 nitrogen and oxygen atoms in total. The van der Waals surface area contributed by atoms with E-state index in [9.17, 15) is 0 Å². The van der Waals surface area contributed by atoms with Crippen LogP contribution in [0.1, 0.15) is 11.5 Å². The van der Waals surface area contributed by atoms with Crippen molar-refractivity contribution in [1.29, 1.82) is 0 Å². The minimum Gasteiger partial charge on any atom is -0.334 e. The predicted molar refractivity (Wildman–Crippen MR) is 97.0 cm³/mol. The van der Waals surface area contributed by atoms with Gasteiger partial charge in [0, 0.05) is 10.9 Å². The zero-order valence-corrected chi connectivity index (χ0v) is 15.5. The topological polar surface area (TPSA) is 38.9 Å². The minimum absolute atomic E-state index is 0.0491. The molecule has 1 heterocycles. The number of aromatic nitrogens is 2. The van der Waals surface area contributed by atoms with Crippen LogP contribution in [-0.4, -0.2) is 10.1 Å². The molecule has 0 aliphatic rings. The van der Waals surface area contributed by atoms with E-state index >= 15 is 0 Å². The van der Waals surface area contributed by atoms with Crippen molar-refractivity contribution < 1.29 is 4.52 Å². The van der Waals surface area contributed by atoms with E-state index in [-0.39, 0.29) is 5.89 Å². The summed E-state index contributed by atoms with van der Waals surface area (Å²) in [6.07, 6.45) is 0. The van der Waals surface area contributed by atoms with E-state index in [1.54, 1.807) is 0 Å². The summed E-state index contributed by atoms with van der Waals surface area (Å²) in [7, 11) is 0. The summed E-state index contributed by atoms with van der Waals surface area (Å²) in [6.45, 7) is 0. The molecule has 0 aliphatic heterocycles. The van der Waals surface area contributed by atoms with Crippen LogP contribution < -0.4 is 0 Å². The Balaban J connectivity index is 1.85. The molecule has 0 aliphatic carbocycles. The van der Waals surface area contributed by atoms with Crippen molar-refractivity contribution in [2.75, 3.05) is 0 Å². The third kappa shape index (κ3) is 3.89. The number of hydrogen-bond acceptors (Lipinski definition) is 3. The maximum absolute atomic E-state index is 5.72. The van der Waals surface area contributed by atoms with Crippen LogP contribution in [0.25, 0.3) is 22.5 Å². The second-order valence-corrected chi connectivity index (χ2v) is 7.67. The summed E-state index contributed by atoms with van der Waals surface area (Å²) < 4.78 is 3.24. The first kappa shape index (κ1) is 16.8. The Labute approximate surface area is 156 Å². The lowest BCUT2D eigenvalue weighted by atomic mass is 10.0. The molecule has 0 bridgehead atoms.